The van der Waals surface area contributed by atoms with Gasteiger partial charge < -0.3 is 5.32 Å². The van der Waals surface area contributed by atoms with Crippen molar-refractivity contribution in [3.8, 4) is 0 Å². The van der Waals surface area contributed by atoms with Gasteiger partial charge in [-0.15, -0.1) is 10.2 Å². The minimum atomic E-state index is -0.189. The molecule has 0 bridgehead atoms. The first-order chi connectivity index (χ1) is 7.17. The van der Waals surface area contributed by atoms with Gasteiger partial charge in [0.2, 0.25) is 9.47 Å². The third-order valence-corrected chi connectivity index (χ3v) is 3.32. The van der Waals surface area contributed by atoms with Crippen LogP contribution in [0.25, 0.3) is 0 Å². The average molecular weight is 248 g/mol. The van der Waals surface area contributed by atoms with Gasteiger partial charge in [0.15, 0.2) is 0 Å². The molecule has 0 saturated carbocycles. The van der Waals surface area contributed by atoms with Crippen LogP contribution in [0.1, 0.15) is 36.5 Å². The van der Waals surface area contributed by atoms with E-state index in [4.69, 9.17) is 11.6 Å². The second kappa shape index (κ2) is 6.02. The molecule has 15 heavy (non-hydrogen) atoms. The molecule has 4 nitrogen and oxygen atoms in total. The van der Waals surface area contributed by atoms with E-state index in [1.807, 2.05) is 0 Å². The van der Waals surface area contributed by atoms with E-state index in [-0.39, 0.29) is 5.91 Å². The number of carbonyl (C=O) groups excluding carboxylic acids is 1. The van der Waals surface area contributed by atoms with Crippen molar-refractivity contribution in [1.29, 1.82) is 0 Å². The maximum Gasteiger partial charge on any atom is 0.282 e. The van der Waals surface area contributed by atoms with Crippen molar-refractivity contribution in [3.63, 3.8) is 0 Å². The predicted octanol–water partition coefficient (Wildman–Crippen LogP) is 2.36. The van der Waals surface area contributed by atoms with E-state index in [1.165, 1.54) is 0 Å². The lowest BCUT2D eigenvalue weighted by molar-refractivity contribution is 0.0945. The lowest BCUT2D eigenvalue weighted by Crippen LogP contribution is -2.28. The van der Waals surface area contributed by atoms with E-state index in [0.717, 1.165) is 24.2 Å². The van der Waals surface area contributed by atoms with Crippen molar-refractivity contribution in [2.45, 2.75) is 26.7 Å². The molecule has 0 unspecified atom stereocenters. The Morgan fingerprint density at radius 3 is 2.60 bits per heavy atom. The van der Waals surface area contributed by atoms with Crippen molar-refractivity contribution in [2.24, 2.45) is 5.92 Å². The quantitative estimate of drug-likeness (QED) is 0.869. The molecule has 0 atom stereocenters. The molecule has 1 amide bonds. The first-order valence-electron chi connectivity index (χ1n) is 4.94. The van der Waals surface area contributed by atoms with Gasteiger partial charge in [-0.05, 0) is 17.5 Å². The van der Waals surface area contributed by atoms with E-state index in [9.17, 15) is 4.79 Å². The average Bonchev–Trinajstić information content (AvgIpc) is 2.66. The highest BCUT2D eigenvalue weighted by molar-refractivity contribution is 7.17. The predicted molar refractivity (Wildman–Crippen MR) is 61.3 cm³/mol. The Labute approximate surface area is 98.0 Å². The normalized spacial score (nSPS) is 10.7. The zero-order valence-electron chi connectivity index (χ0n) is 8.79. The lowest BCUT2D eigenvalue weighted by Gasteiger charge is -2.11. The molecule has 1 N–H and O–H groups in total. The summed E-state index contributed by atoms with van der Waals surface area (Å²) in [6.45, 7) is 4.91. The first-order valence-corrected chi connectivity index (χ1v) is 6.14. The Hall–Kier alpha value is -0.680. The third-order valence-electron chi connectivity index (χ3n) is 2.30. The summed E-state index contributed by atoms with van der Waals surface area (Å²) in [6.07, 6.45) is 2.13. The van der Waals surface area contributed by atoms with Gasteiger partial charge in [0.25, 0.3) is 5.91 Å². The van der Waals surface area contributed by atoms with Gasteiger partial charge in [-0.25, -0.2) is 0 Å². The standard InChI is InChI=1S/C9H14ClN3OS/c1-3-6(4-2)5-11-7(14)8-12-13-9(10)15-8/h6H,3-5H2,1-2H3,(H,11,14). The second-order valence-corrected chi connectivity index (χ2v) is 4.81. The summed E-state index contributed by atoms with van der Waals surface area (Å²) in [5.74, 6) is 0.337. The highest BCUT2D eigenvalue weighted by atomic mass is 35.5. The molecule has 0 spiro atoms. The van der Waals surface area contributed by atoms with E-state index in [1.54, 1.807) is 0 Å². The SMILES string of the molecule is CCC(CC)CNC(=O)c1nnc(Cl)s1. The molecule has 0 saturated heterocycles. The summed E-state index contributed by atoms with van der Waals surface area (Å²) in [4.78, 5) is 11.5. The van der Waals surface area contributed by atoms with Gasteiger partial charge >= 0.3 is 0 Å². The van der Waals surface area contributed by atoms with Gasteiger partial charge in [-0.3, -0.25) is 4.79 Å². The van der Waals surface area contributed by atoms with E-state index in [2.05, 4.69) is 29.4 Å². The molecule has 1 aromatic rings. The van der Waals surface area contributed by atoms with Crippen LogP contribution in [0.15, 0.2) is 0 Å². The largest absolute Gasteiger partial charge is 0.350 e. The highest BCUT2D eigenvalue weighted by Crippen LogP contribution is 2.14. The zero-order valence-corrected chi connectivity index (χ0v) is 10.4. The molecule has 0 aromatic carbocycles. The number of hydrogen-bond donors (Lipinski definition) is 1. The molecule has 6 heteroatoms. The number of rotatable bonds is 5. The summed E-state index contributed by atoms with van der Waals surface area (Å²) in [5.41, 5.74) is 0. The van der Waals surface area contributed by atoms with Crippen LogP contribution in [0, 0.1) is 5.92 Å². The summed E-state index contributed by atoms with van der Waals surface area (Å²) < 4.78 is 0.294. The molecule has 0 aliphatic rings. The Bertz CT molecular complexity index is 325. The van der Waals surface area contributed by atoms with Crippen LogP contribution < -0.4 is 5.32 Å². The van der Waals surface area contributed by atoms with Crippen molar-refractivity contribution in [3.05, 3.63) is 9.47 Å². The van der Waals surface area contributed by atoms with E-state index < -0.39 is 0 Å². The highest BCUT2D eigenvalue weighted by Gasteiger charge is 2.12. The number of amides is 1. The van der Waals surface area contributed by atoms with Crippen LogP contribution in [0.4, 0.5) is 0 Å². The van der Waals surface area contributed by atoms with Gasteiger partial charge in [0, 0.05) is 6.54 Å². The summed E-state index contributed by atoms with van der Waals surface area (Å²) in [5, 5.41) is 10.4. The molecule has 84 valence electrons. The first kappa shape index (κ1) is 12.4. The Morgan fingerprint density at radius 2 is 2.13 bits per heavy atom. The fraction of sp³-hybridized carbons (Fsp3) is 0.667. The smallest absolute Gasteiger partial charge is 0.282 e. The minimum Gasteiger partial charge on any atom is -0.350 e. The number of nitrogens with zero attached hydrogens (tertiary/aromatic N) is 2. The van der Waals surface area contributed by atoms with Crippen LogP contribution >= 0.6 is 22.9 Å². The van der Waals surface area contributed by atoms with E-state index in [0.29, 0.717) is 21.9 Å². The van der Waals surface area contributed by atoms with Crippen molar-refractivity contribution < 1.29 is 4.79 Å². The van der Waals surface area contributed by atoms with Gasteiger partial charge in [0.05, 0.1) is 0 Å². The molecule has 1 aromatic heterocycles. The molecule has 0 aliphatic carbocycles. The summed E-state index contributed by atoms with van der Waals surface area (Å²) >= 11 is 6.68. The van der Waals surface area contributed by atoms with Crippen LogP contribution in [0.5, 0.6) is 0 Å². The van der Waals surface area contributed by atoms with Crippen LogP contribution in [-0.4, -0.2) is 22.6 Å². The Morgan fingerprint density at radius 1 is 1.47 bits per heavy atom. The second-order valence-electron chi connectivity index (χ2n) is 3.25. The van der Waals surface area contributed by atoms with Gasteiger partial charge in [-0.2, -0.15) is 0 Å². The molecular weight excluding hydrogens is 234 g/mol. The Balaban J connectivity index is 2.42. The number of carbonyl (C=O) groups is 1. The van der Waals surface area contributed by atoms with Crippen molar-refractivity contribution in [1.82, 2.24) is 15.5 Å². The number of halogens is 1. The fourth-order valence-corrected chi connectivity index (χ4v) is 1.93. The molecule has 1 rings (SSSR count). The number of hydrogen-bond acceptors (Lipinski definition) is 4. The molecule has 0 radical (unpaired) electrons. The molecular formula is C9H14ClN3OS. The van der Waals surface area contributed by atoms with Crippen molar-refractivity contribution in [2.75, 3.05) is 6.54 Å². The zero-order chi connectivity index (χ0) is 11.3. The lowest BCUT2D eigenvalue weighted by atomic mass is 10.0. The van der Waals surface area contributed by atoms with Crippen LogP contribution in [-0.2, 0) is 0 Å². The van der Waals surface area contributed by atoms with E-state index >= 15 is 0 Å². The van der Waals surface area contributed by atoms with Crippen LogP contribution in [0.2, 0.25) is 4.47 Å². The fourth-order valence-electron chi connectivity index (χ4n) is 1.19. The Kier molecular flexibility index (Phi) is 4.98. The molecule has 0 fully saturated rings. The minimum absolute atomic E-state index is 0.189. The monoisotopic (exact) mass is 247 g/mol. The number of nitrogens with one attached hydrogen (secondary N) is 1. The number of aromatic nitrogens is 2. The van der Waals surface area contributed by atoms with Gasteiger partial charge in [-0.1, -0.05) is 38.0 Å². The topological polar surface area (TPSA) is 54.9 Å². The maximum absolute atomic E-state index is 11.5. The van der Waals surface area contributed by atoms with Crippen LogP contribution in [0.3, 0.4) is 0 Å². The molecule has 0 aliphatic heterocycles. The summed E-state index contributed by atoms with van der Waals surface area (Å²) in [7, 11) is 0. The summed E-state index contributed by atoms with van der Waals surface area (Å²) in [6, 6.07) is 0. The van der Waals surface area contributed by atoms with Crippen molar-refractivity contribution >= 4 is 28.8 Å². The maximum atomic E-state index is 11.5. The third kappa shape index (κ3) is 3.76. The molecule has 1 heterocycles. The van der Waals surface area contributed by atoms with Gasteiger partial charge in [0.1, 0.15) is 0 Å².